The van der Waals surface area contributed by atoms with Crippen molar-refractivity contribution in [2.75, 3.05) is 0 Å². The van der Waals surface area contributed by atoms with E-state index in [4.69, 9.17) is 0 Å². The molecule has 3 N–H and O–H groups in total. The van der Waals surface area contributed by atoms with Crippen molar-refractivity contribution < 1.29 is 9.59 Å². The molecular weight excluding hydrogens is 408 g/mol. The first-order valence-corrected chi connectivity index (χ1v) is 10.1. The van der Waals surface area contributed by atoms with Crippen LogP contribution in [-0.4, -0.2) is 31.6 Å². The summed E-state index contributed by atoms with van der Waals surface area (Å²) in [6.07, 6.45) is 1.69. The summed E-state index contributed by atoms with van der Waals surface area (Å²) in [7, 11) is 0. The van der Waals surface area contributed by atoms with Crippen LogP contribution in [0.25, 0.3) is 16.7 Å². The Bertz CT molecular complexity index is 1360. The summed E-state index contributed by atoms with van der Waals surface area (Å²) < 4.78 is 1.58. The third-order valence-corrected chi connectivity index (χ3v) is 5.02. The molecule has 0 saturated heterocycles. The molecule has 9 nitrogen and oxygen atoms in total. The van der Waals surface area contributed by atoms with Crippen molar-refractivity contribution in [2.24, 2.45) is 0 Å². The number of amides is 2. The number of carbonyl (C=O) groups excluding carboxylic acids is 2. The largest absolute Gasteiger partial charge is 0.310 e. The predicted octanol–water partition coefficient (Wildman–Crippen LogP) is 2.12. The summed E-state index contributed by atoms with van der Waals surface area (Å²) in [5.41, 5.74) is 8.05. The zero-order chi connectivity index (χ0) is 22.7. The van der Waals surface area contributed by atoms with E-state index in [1.54, 1.807) is 10.7 Å². The molecule has 2 heterocycles. The predicted molar refractivity (Wildman–Crippen MR) is 119 cm³/mol. The lowest BCUT2D eigenvalue weighted by atomic mass is 10.1. The van der Waals surface area contributed by atoms with Gasteiger partial charge in [0.2, 0.25) is 5.91 Å². The molecule has 0 fully saturated rings. The fraction of sp³-hybridized carbons (Fsp3) is 0.174. The highest BCUT2D eigenvalue weighted by Gasteiger charge is 2.13. The number of H-pyrrole nitrogens is 1. The maximum absolute atomic E-state index is 12.4. The average molecular weight is 430 g/mol. The zero-order valence-electron chi connectivity index (χ0n) is 17.7. The first-order valence-electron chi connectivity index (χ1n) is 10.1. The molecule has 2 aromatic heterocycles. The van der Waals surface area contributed by atoms with Gasteiger partial charge in [-0.2, -0.15) is 5.10 Å². The van der Waals surface area contributed by atoms with Gasteiger partial charge in [-0.3, -0.25) is 25.2 Å². The Labute approximate surface area is 183 Å². The normalized spacial score (nSPS) is 10.8. The maximum Gasteiger partial charge on any atom is 0.269 e. The van der Waals surface area contributed by atoms with Gasteiger partial charge in [-0.15, -0.1) is 0 Å². The maximum atomic E-state index is 12.4. The lowest BCUT2D eigenvalue weighted by Gasteiger charge is -2.10. The fourth-order valence-electron chi connectivity index (χ4n) is 3.40. The molecule has 9 heteroatoms. The van der Waals surface area contributed by atoms with E-state index in [0.717, 1.165) is 16.8 Å². The van der Waals surface area contributed by atoms with E-state index in [2.05, 4.69) is 25.9 Å². The standard InChI is InChI=1S/C23H22N6O3/c1-14-8-9-17(15(2)12-14)23(32)28-27-20(30)11-10-19-25-21-18(22(31)26-19)13-24-29(21)16-6-4-3-5-7-16/h3-9,12-13H,10-11H2,1-2H3,(H,27,30)(H,28,32)(H,25,26,31). The monoisotopic (exact) mass is 430 g/mol. The molecule has 162 valence electrons. The fourth-order valence-corrected chi connectivity index (χ4v) is 3.40. The summed E-state index contributed by atoms with van der Waals surface area (Å²) in [4.78, 5) is 44.1. The van der Waals surface area contributed by atoms with Crippen molar-refractivity contribution >= 4 is 22.8 Å². The van der Waals surface area contributed by atoms with Crippen molar-refractivity contribution in [1.82, 2.24) is 30.6 Å². The third kappa shape index (κ3) is 4.41. The first-order chi connectivity index (χ1) is 15.4. The van der Waals surface area contributed by atoms with Gasteiger partial charge in [0.25, 0.3) is 11.5 Å². The number of aromatic nitrogens is 4. The van der Waals surface area contributed by atoms with E-state index in [0.29, 0.717) is 22.4 Å². The molecule has 0 bridgehead atoms. The van der Waals surface area contributed by atoms with E-state index >= 15 is 0 Å². The van der Waals surface area contributed by atoms with Crippen LogP contribution >= 0.6 is 0 Å². The highest BCUT2D eigenvalue weighted by molar-refractivity contribution is 5.96. The number of hydrazine groups is 1. The number of fused-ring (bicyclic) bond motifs is 1. The molecule has 0 unspecified atom stereocenters. The molecule has 0 aliphatic carbocycles. The molecule has 2 aromatic carbocycles. The van der Waals surface area contributed by atoms with Gasteiger partial charge in [0.05, 0.1) is 11.9 Å². The number of aromatic amines is 1. The Morgan fingerprint density at radius 3 is 2.59 bits per heavy atom. The Hall–Kier alpha value is -4.27. The van der Waals surface area contributed by atoms with E-state index in [-0.39, 0.29) is 18.4 Å². The van der Waals surface area contributed by atoms with Crippen LogP contribution in [0.5, 0.6) is 0 Å². The van der Waals surface area contributed by atoms with Gasteiger partial charge in [-0.25, -0.2) is 9.67 Å². The molecule has 4 aromatic rings. The van der Waals surface area contributed by atoms with Gasteiger partial charge in [0.1, 0.15) is 11.2 Å². The number of para-hydroxylation sites is 1. The van der Waals surface area contributed by atoms with Gasteiger partial charge >= 0.3 is 0 Å². The van der Waals surface area contributed by atoms with E-state index < -0.39 is 11.8 Å². The van der Waals surface area contributed by atoms with Gasteiger partial charge in [-0.05, 0) is 37.6 Å². The summed E-state index contributed by atoms with van der Waals surface area (Å²) in [5, 5.41) is 4.62. The molecular formula is C23H22N6O3. The van der Waals surface area contributed by atoms with E-state index in [9.17, 15) is 14.4 Å². The number of nitrogens with zero attached hydrogens (tertiary/aromatic N) is 3. The molecule has 0 spiro atoms. The molecule has 4 rings (SSSR count). The summed E-state index contributed by atoms with van der Waals surface area (Å²) in [5.74, 6) is -0.436. The Kier molecular flexibility index (Phi) is 5.80. The van der Waals surface area contributed by atoms with E-state index in [1.807, 2.05) is 56.3 Å². The van der Waals surface area contributed by atoms with Crippen LogP contribution in [0.15, 0.2) is 59.5 Å². The van der Waals surface area contributed by atoms with Gasteiger partial charge in [0, 0.05) is 18.4 Å². The van der Waals surface area contributed by atoms with Crippen LogP contribution in [-0.2, 0) is 11.2 Å². The lowest BCUT2D eigenvalue weighted by molar-refractivity contribution is -0.121. The Morgan fingerprint density at radius 1 is 1.06 bits per heavy atom. The van der Waals surface area contributed by atoms with E-state index in [1.165, 1.54) is 6.20 Å². The third-order valence-electron chi connectivity index (χ3n) is 5.02. The van der Waals surface area contributed by atoms with Crippen LogP contribution in [0.3, 0.4) is 0 Å². The van der Waals surface area contributed by atoms with Crippen molar-refractivity contribution in [3.63, 3.8) is 0 Å². The van der Waals surface area contributed by atoms with Crippen LogP contribution in [0.2, 0.25) is 0 Å². The number of hydrogen-bond acceptors (Lipinski definition) is 5. The molecule has 2 amide bonds. The SMILES string of the molecule is Cc1ccc(C(=O)NNC(=O)CCc2nc3c(cnn3-c3ccccc3)c(=O)[nH]2)c(C)c1. The second kappa shape index (κ2) is 8.84. The summed E-state index contributed by atoms with van der Waals surface area (Å²) in [6.45, 7) is 3.78. The number of rotatable bonds is 5. The van der Waals surface area contributed by atoms with Crippen LogP contribution in [0, 0.1) is 13.8 Å². The Morgan fingerprint density at radius 2 is 1.84 bits per heavy atom. The number of benzene rings is 2. The molecule has 0 atom stereocenters. The van der Waals surface area contributed by atoms with Crippen LogP contribution in [0.1, 0.15) is 33.7 Å². The topological polar surface area (TPSA) is 122 Å². The number of nitrogens with one attached hydrogen (secondary N) is 3. The number of hydrogen-bond donors (Lipinski definition) is 3. The number of carbonyl (C=O) groups is 2. The second-order valence-corrected chi connectivity index (χ2v) is 7.46. The molecule has 0 aliphatic heterocycles. The van der Waals surface area contributed by atoms with Gasteiger partial charge in [0.15, 0.2) is 5.65 Å². The van der Waals surface area contributed by atoms with Crippen LogP contribution in [0.4, 0.5) is 0 Å². The summed E-state index contributed by atoms with van der Waals surface area (Å²) >= 11 is 0. The first kappa shape index (κ1) is 21.0. The van der Waals surface area contributed by atoms with Gasteiger partial charge < -0.3 is 4.98 Å². The van der Waals surface area contributed by atoms with Crippen molar-refractivity contribution in [2.45, 2.75) is 26.7 Å². The minimum absolute atomic E-state index is 0.0288. The molecule has 0 saturated carbocycles. The molecule has 32 heavy (non-hydrogen) atoms. The second-order valence-electron chi connectivity index (χ2n) is 7.46. The molecule has 0 aliphatic rings. The number of aryl methyl sites for hydroxylation is 3. The minimum Gasteiger partial charge on any atom is -0.310 e. The highest BCUT2D eigenvalue weighted by Crippen LogP contribution is 2.14. The smallest absolute Gasteiger partial charge is 0.269 e. The summed E-state index contributed by atoms with van der Waals surface area (Å²) in [6, 6.07) is 14.8. The average Bonchev–Trinajstić information content (AvgIpc) is 3.21. The highest BCUT2D eigenvalue weighted by atomic mass is 16.2. The Balaban J connectivity index is 1.42. The quantitative estimate of drug-likeness (QED) is 0.419. The van der Waals surface area contributed by atoms with Crippen molar-refractivity contribution in [3.05, 3.63) is 87.6 Å². The van der Waals surface area contributed by atoms with Crippen molar-refractivity contribution in [1.29, 1.82) is 0 Å². The van der Waals surface area contributed by atoms with Crippen LogP contribution < -0.4 is 16.4 Å². The minimum atomic E-state index is -0.401. The lowest BCUT2D eigenvalue weighted by Crippen LogP contribution is -2.42. The van der Waals surface area contributed by atoms with Crippen molar-refractivity contribution in [3.8, 4) is 5.69 Å². The molecule has 0 radical (unpaired) electrons. The zero-order valence-corrected chi connectivity index (χ0v) is 17.7. The van der Waals surface area contributed by atoms with Gasteiger partial charge in [-0.1, -0.05) is 35.9 Å².